The summed E-state index contributed by atoms with van der Waals surface area (Å²) in [4.78, 5) is 2.25. The van der Waals surface area contributed by atoms with Crippen molar-refractivity contribution in [2.75, 3.05) is 26.7 Å². The molecule has 0 radical (unpaired) electrons. The van der Waals surface area contributed by atoms with Gasteiger partial charge >= 0.3 is 0 Å². The standard InChI is InChI=1S/C7H17N3/c1-10-4-2-3-7(9,5-8)6-10/h2-6,8-9H2,1H3/t7-/m1/s1. The summed E-state index contributed by atoms with van der Waals surface area (Å²) in [6.07, 6.45) is 2.26. The van der Waals surface area contributed by atoms with Crippen LogP contribution >= 0.6 is 0 Å². The molecule has 10 heavy (non-hydrogen) atoms. The number of likely N-dealkylation sites (tertiary alicyclic amines) is 1. The third-order valence-electron chi connectivity index (χ3n) is 2.21. The second kappa shape index (κ2) is 2.86. The van der Waals surface area contributed by atoms with Gasteiger partial charge in [-0.25, -0.2) is 0 Å². The number of hydrogen-bond acceptors (Lipinski definition) is 3. The molecule has 0 aromatic rings. The van der Waals surface area contributed by atoms with Gasteiger partial charge in [0.15, 0.2) is 0 Å². The van der Waals surface area contributed by atoms with Gasteiger partial charge in [0.1, 0.15) is 0 Å². The number of piperidine rings is 1. The first-order chi connectivity index (χ1) is 4.66. The van der Waals surface area contributed by atoms with Crippen LogP contribution in [0, 0.1) is 0 Å². The van der Waals surface area contributed by atoms with Gasteiger partial charge < -0.3 is 16.4 Å². The first-order valence-electron chi connectivity index (χ1n) is 3.84. The van der Waals surface area contributed by atoms with E-state index in [1.54, 1.807) is 0 Å². The van der Waals surface area contributed by atoms with Crippen LogP contribution < -0.4 is 11.5 Å². The molecule has 3 nitrogen and oxygen atoms in total. The molecule has 0 aromatic heterocycles. The Morgan fingerprint density at radius 1 is 1.60 bits per heavy atom. The smallest absolute Gasteiger partial charge is 0.0407 e. The van der Waals surface area contributed by atoms with E-state index in [4.69, 9.17) is 11.5 Å². The minimum absolute atomic E-state index is 0.104. The van der Waals surface area contributed by atoms with E-state index in [0.717, 1.165) is 13.0 Å². The zero-order chi connectivity index (χ0) is 7.61. The van der Waals surface area contributed by atoms with Gasteiger partial charge in [-0.05, 0) is 26.4 Å². The number of nitrogens with two attached hydrogens (primary N) is 2. The van der Waals surface area contributed by atoms with Crippen LogP contribution in [-0.4, -0.2) is 37.1 Å². The second-order valence-electron chi connectivity index (χ2n) is 3.41. The molecule has 0 bridgehead atoms. The van der Waals surface area contributed by atoms with E-state index in [1.807, 2.05) is 0 Å². The number of nitrogens with zero attached hydrogens (tertiary/aromatic N) is 1. The van der Waals surface area contributed by atoms with Gasteiger partial charge in [0.25, 0.3) is 0 Å². The molecule has 0 spiro atoms. The number of hydrogen-bond donors (Lipinski definition) is 2. The maximum atomic E-state index is 5.98. The summed E-state index contributed by atoms with van der Waals surface area (Å²) < 4.78 is 0. The van der Waals surface area contributed by atoms with Gasteiger partial charge in [-0.1, -0.05) is 0 Å². The molecule has 1 rings (SSSR count). The van der Waals surface area contributed by atoms with Crippen LogP contribution in [0.3, 0.4) is 0 Å². The van der Waals surface area contributed by atoms with Gasteiger partial charge in [0, 0.05) is 18.6 Å². The molecule has 4 N–H and O–H groups in total. The Balaban J connectivity index is 2.45. The van der Waals surface area contributed by atoms with Crippen molar-refractivity contribution in [3.05, 3.63) is 0 Å². The summed E-state index contributed by atoms with van der Waals surface area (Å²) in [5, 5.41) is 0. The van der Waals surface area contributed by atoms with Crippen LogP contribution in [-0.2, 0) is 0 Å². The summed E-state index contributed by atoms with van der Waals surface area (Å²) in [6, 6.07) is 0. The van der Waals surface area contributed by atoms with Crippen molar-refractivity contribution in [1.82, 2.24) is 4.90 Å². The molecule has 3 heteroatoms. The Morgan fingerprint density at radius 2 is 2.30 bits per heavy atom. The molecule has 1 aliphatic heterocycles. The summed E-state index contributed by atoms with van der Waals surface area (Å²) >= 11 is 0. The van der Waals surface area contributed by atoms with E-state index >= 15 is 0 Å². The molecule has 0 unspecified atom stereocenters. The third kappa shape index (κ3) is 1.68. The van der Waals surface area contributed by atoms with Crippen LogP contribution in [0.1, 0.15) is 12.8 Å². The average Bonchev–Trinajstić information content (AvgIpc) is 1.88. The van der Waals surface area contributed by atoms with Gasteiger partial charge in [-0.15, -0.1) is 0 Å². The molecular formula is C7H17N3. The van der Waals surface area contributed by atoms with E-state index in [9.17, 15) is 0 Å². The zero-order valence-corrected chi connectivity index (χ0v) is 6.64. The molecule has 60 valence electrons. The van der Waals surface area contributed by atoms with Gasteiger partial charge in [0.05, 0.1) is 0 Å². The van der Waals surface area contributed by atoms with E-state index in [1.165, 1.54) is 13.0 Å². The minimum Gasteiger partial charge on any atom is -0.329 e. The highest BCUT2D eigenvalue weighted by atomic mass is 15.1. The van der Waals surface area contributed by atoms with Crippen molar-refractivity contribution in [1.29, 1.82) is 0 Å². The first kappa shape index (κ1) is 7.98. The van der Waals surface area contributed by atoms with Gasteiger partial charge in [0.2, 0.25) is 0 Å². The van der Waals surface area contributed by atoms with E-state index in [0.29, 0.717) is 6.54 Å². The van der Waals surface area contributed by atoms with E-state index < -0.39 is 0 Å². The van der Waals surface area contributed by atoms with Crippen LogP contribution in [0.15, 0.2) is 0 Å². The summed E-state index contributed by atoms with van der Waals surface area (Å²) in [6.45, 7) is 2.72. The molecular weight excluding hydrogens is 126 g/mol. The Bertz CT molecular complexity index is 115. The third-order valence-corrected chi connectivity index (χ3v) is 2.21. The summed E-state index contributed by atoms with van der Waals surface area (Å²) in [7, 11) is 2.09. The fourth-order valence-corrected chi connectivity index (χ4v) is 1.56. The fraction of sp³-hybridized carbons (Fsp3) is 1.00. The first-order valence-corrected chi connectivity index (χ1v) is 3.84. The van der Waals surface area contributed by atoms with Gasteiger partial charge in [-0.2, -0.15) is 0 Å². The molecule has 0 amide bonds. The zero-order valence-electron chi connectivity index (χ0n) is 6.64. The van der Waals surface area contributed by atoms with E-state index in [-0.39, 0.29) is 5.54 Å². The van der Waals surface area contributed by atoms with Crippen molar-refractivity contribution in [2.45, 2.75) is 18.4 Å². The SMILES string of the molecule is CN1CCC[C@@](N)(CN)C1. The van der Waals surface area contributed by atoms with Crippen LogP contribution in [0.25, 0.3) is 0 Å². The lowest BCUT2D eigenvalue weighted by molar-refractivity contribution is 0.184. The summed E-state index contributed by atoms with van der Waals surface area (Å²) in [5.74, 6) is 0. The monoisotopic (exact) mass is 143 g/mol. The predicted molar refractivity (Wildman–Crippen MR) is 42.7 cm³/mol. The molecule has 1 fully saturated rings. The predicted octanol–water partition coefficient (Wildman–Crippen LogP) is -0.632. The molecule has 0 aromatic carbocycles. The molecule has 0 aliphatic carbocycles. The second-order valence-corrected chi connectivity index (χ2v) is 3.41. The largest absolute Gasteiger partial charge is 0.329 e. The minimum atomic E-state index is -0.104. The lowest BCUT2D eigenvalue weighted by Gasteiger charge is -2.37. The van der Waals surface area contributed by atoms with Crippen LogP contribution in [0.2, 0.25) is 0 Å². The van der Waals surface area contributed by atoms with Crippen LogP contribution in [0.4, 0.5) is 0 Å². The maximum Gasteiger partial charge on any atom is 0.0407 e. The van der Waals surface area contributed by atoms with Crippen molar-refractivity contribution >= 4 is 0 Å². The Labute approximate surface area is 62.4 Å². The average molecular weight is 143 g/mol. The molecule has 0 saturated carbocycles. The number of rotatable bonds is 1. The van der Waals surface area contributed by atoms with Crippen molar-refractivity contribution in [3.63, 3.8) is 0 Å². The Morgan fingerprint density at radius 3 is 2.70 bits per heavy atom. The Kier molecular flexibility index (Phi) is 2.28. The van der Waals surface area contributed by atoms with Crippen molar-refractivity contribution in [3.8, 4) is 0 Å². The highest BCUT2D eigenvalue weighted by Crippen LogP contribution is 2.15. The quantitative estimate of drug-likeness (QED) is 0.514. The molecule has 1 heterocycles. The van der Waals surface area contributed by atoms with Crippen molar-refractivity contribution in [2.24, 2.45) is 11.5 Å². The highest BCUT2D eigenvalue weighted by Gasteiger charge is 2.27. The lowest BCUT2D eigenvalue weighted by atomic mass is 9.91. The number of likely N-dealkylation sites (N-methyl/N-ethyl adjacent to an activating group) is 1. The molecule has 1 saturated heterocycles. The van der Waals surface area contributed by atoms with Crippen molar-refractivity contribution < 1.29 is 0 Å². The van der Waals surface area contributed by atoms with E-state index in [2.05, 4.69) is 11.9 Å². The summed E-state index contributed by atoms with van der Waals surface area (Å²) in [5.41, 5.74) is 11.4. The van der Waals surface area contributed by atoms with Gasteiger partial charge in [-0.3, -0.25) is 0 Å². The van der Waals surface area contributed by atoms with Crippen LogP contribution in [0.5, 0.6) is 0 Å². The maximum absolute atomic E-state index is 5.98. The fourth-order valence-electron chi connectivity index (χ4n) is 1.56. The molecule has 1 aliphatic rings. The lowest BCUT2D eigenvalue weighted by Crippen LogP contribution is -2.57. The Hall–Kier alpha value is -0.120. The molecule has 1 atom stereocenters. The topological polar surface area (TPSA) is 55.3 Å². The normalized spacial score (nSPS) is 36.3. The highest BCUT2D eigenvalue weighted by molar-refractivity contribution is 4.91.